The van der Waals surface area contributed by atoms with Gasteiger partial charge in [0.15, 0.2) is 0 Å². The van der Waals surface area contributed by atoms with E-state index in [4.69, 9.17) is 4.74 Å². The van der Waals surface area contributed by atoms with Crippen molar-refractivity contribution in [3.05, 3.63) is 79.6 Å². The van der Waals surface area contributed by atoms with Gasteiger partial charge < -0.3 is 15.0 Å². The zero-order valence-electron chi connectivity index (χ0n) is 17.0. The molecular weight excluding hydrogens is 378 g/mol. The van der Waals surface area contributed by atoms with Crippen molar-refractivity contribution in [3.63, 3.8) is 0 Å². The summed E-state index contributed by atoms with van der Waals surface area (Å²) in [7, 11) is 0. The number of amides is 1. The molecule has 1 unspecified atom stereocenters. The number of fused-ring (bicyclic) bond motifs is 1. The highest BCUT2D eigenvalue weighted by molar-refractivity contribution is 5.97. The van der Waals surface area contributed by atoms with Crippen LogP contribution in [0.3, 0.4) is 0 Å². The predicted octanol–water partition coefficient (Wildman–Crippen LogP) is 3.87. The standard InChI is InChI=1S/C23H25N5O2/c1-5-15(3)21-23(30-16(4)6-2)28-18-10-9-17(14-19(18)27-21)22(29)26-11-7-8-20-24-12-13-25-20/h5-6,9-10,12-14,16H,1-3,7-8,11H2,4H3,(H,24,25)(H,26,29). The average molecular weight is 403 g/mol. The molecule has 7 heteroatoms. The molecule has 0 spiro atoms. The Morgan fingerprint density at radius 1 is 1.30 bits per heavy atom. The molecule has 0 saturated carbocycles. The van der Waals surface area contributed by atoms with E-state index < -0.39 is 0 Å². The molecule has 0 radical (unpaired) electrons. The molecule has 30 heavy (non-hydrogen) atoms. The second-order valence-corrected chi connectivity index (χ2v) is 6.76. The van der Waals surface area contributed by atoms with Gasteiger partial charge in [0, 0.05) is 30.9 Å². The van der Waals surface area contributed by atoms with Crippen LogP contribution < -0.4 is 10.1 Å². The minimum absolute atomic E-state index is 0.164. The van der Waals surface area contributed by atoms with Crippen LogP contribution in [-0.4, -0.2) is 38.5 Å². The SMILES string of the molecule is C=CC(=C)c1nc2cc(C(=O)NCCCc3ncc[nH]3)ccc2nc1OC(C)C=C. The van der Waals surface area contributed by atoms with Crippen molar-refractivity contribution >= 4 is 22.5 Å². The van der Waals surface area contributed by atoms with Crippen LogP contribution in [0, 0.1) is 0 Å². The molecule has 0 fully saturated rings. The highest BCUT2D eigenvalue weighted by Crippen LogP contribution is 2.26. The number of aromatic nitrogens is 4. The average Bonchev–Trinajstić information content (AvgIpc) is 3.28. The summed E-state index contributed by atoms with van der Waals surface area (Å²) in [6, 6.07) is 5.19. The van der Waals surface area contributed by atoms with Crippen LogP contribution in [-0.2, 0) is 6.42 Å². The maximum Gasteiger partial charge on any atom is 0.251 e. The number of rotatable bonds is 10. The fourth-order valence-corrected chi connectivity index (χ4v) is 2.79. The third-order valence-corrected chi connectivity index (χ3v) is 4.51. The van der Waals surface area contributed by atoms with Crippen molar-refractivity contribution in [1.82, 2.24) is 25.3 Å². The molecule has 0 aliphatic heterocycles. The summed E-state index contributed by atoms with van der Waals surface area (Å²) < 4.78 is 5.81. The van der Waals surface area contributed by atoms with E-state index in [1.165, 1.54) is 0 Å². The molecule has 1 atom stereocenters. The van der Waals surface area contributed by atoms with E-state index in [1.807, 2.05) is 6.92 Å². The normalized spacial score (nSPS) is 11.6. The third kappa shape index (κ3) is 5.00. The fraction of sp³-hybridized carbons (Fsp3) is 0.217. The molecule has 0 aliphatic rings. The first-order valence-corrected chi connectivity index (χ1v) is 9.71. The van der Waals surface area contributed by atoms with Crippen molar-refractivity contribution in [3.8, 4) is 5.88 Å². The van der Waals surface area contributed by atoms with Crippen LogP contribution in [0.15, 0.2) is 62.5 Å². The maximum absolute atomic E-state index is 12.5. The summed E-state index contributed by atoms with van der Waals surface area (Å²) in [6.07, 6.45) is 8.09. The lowest BCUT2D eigenvalue weighted by atomic mass is 10.1. The zero-order valence-corrected chi connectivity index (χ0v) is 17.0. The van der Waals surface area contributed by atoms with Crippen molar-refractivity contribution < 1.29 is 9.53 Å². The molecule has 2 heterocycles. The van der Waals surface area contributed by atoms with Gasteiger partial charge in [-0.15, -0.1) is 0 Å². The molecule has 1 aromatic carbocycles. The summed E-state index contributed by atoms with van der Waals surface area (Å²) in [5.74, 6) is 1.10. The van der Waals surface area contributed by atoms with Crippen molar-refractivity contribution in [1.29, 1.82) is 0 Å². The van der Waals surface area contributed by atoms with E-state index in [-0.39, 0.29) is 12.0 Å². The number of nitrogens with zero attached hydrogens (tertiary/aromatic N) is 3. The Morgan fingerprint density at radius 2 is 2.13 bits per heavy atom. The topological polar surface area (TPSA) is 92.8 Å². The van der Waals surface area contributed by atoms with E-state index >= 15 is 0 Å². The molecule has 0 aliphatic carbocycles. The highest BCUT2D eigenvalue weighted by Gasteiger charge is 2.15. The number of aryl methyl sites for hydroxylation is 1. The van der Waals surface area contributed by atoms with Gasteiger partial charge in [-0.25, -0.2) is 15.0 Å². The monoisotopic (exact) mass is 403 g/mol. The Labute approximate surface area is 175 Å². The maximum atomic E-state index is 12.5. The quantitative estimate of drug-likeness (QED) is 0.305. The summed E-state index contributed by atoms with van der Waals surface area (Å²) >= 11 is 0. The van der Waals surface area contributed by atoms with Crippen LogP contribution in [0.4, 0.5) is 0 Å². The highest BCUT2D eigenvalue weighted by atomic mass is 16.5. The van der Waals surface area contributed by atoms with E-state index in [0.717, 1.165) is 18.7 Å². The molecule has 1 amide bonds. The Hall–Kier alpha value is -3.74. The lowest BCUT2D eigenvalue weighted by molar-refractivity contribution is 0.0953. The number of carbonyl (C=O) groups excluding carboxylic acids is 1. The van der Waals surface area contributed by atoms with E-state index in [0.29, 0.717) is 40.3 Å². The molecule has 3 rings (SSSR count). The number of nitrogens with one attached hydrogen (secondary N) is 2. The van der Waals surface area contributed by atoms with Crippen LogP contribution in [0.1, 0.15) is 35.2 Å². The van der Waals surface area contributed by atoms with Gasteiger partial charge in [-0.2, -0.15) is 0 Å². The second kappa shape index (κ2) is 9.65. The van der Waals surface area contributed by atoms with Gasteiger partial charge in [-0.05, 0) is 37.1 Å². The Bertz CT molecular complexity index is 1070. The number of imidazole rings is 1. The smallest absolute Gasteiger partial charge is 0.251 e. The lowest BCUT2D eigenvalue weighted by Crippen LogP contribution is -2.24. The van der Waals surface area contributed by atoms with Crippen LogP contribution in [0.25, 0.3) is 16.6 Å². The van der Waals surface area contributed by atoms with Crippen LogP contribution >= 0.6 is 0 Å². The first-order valence-electron chi connectivity index (χ1n) is 9.71. The number of hydrogen-bond donors (Lipinski definition) is 2. The molecule has 7 nitrogen and oxygen atoms in total. The van der Waals surface area contributed by atoms with Gasteiger partial charge >= 0.3 is 0 Å². The number of H-pyrrole nitrogens is 1. The Kier molecular flexibility index (Phi) is 6.75. The fourth-order valence-electron chi connectivity index (χ4n) is 2.79. The largest absolute Gasteiger partial charge is 0.469 e. The number of aromatic amines is 1. The molecule has 3 aromatic rings. The predicted molar refractivity (Wildman–Crippen MR) is 118 cm³/mol. The molecule has 0 bridgehead atoms. The van der Waals surface area contributed by atoms with Gasteiger partial charge in [0.2, 0.25) is 5.88 Å². The van der Waals surface area contributed by atoms with E-state index in [2.05, 4.69) is 45.0 Å². The summed E-state index contributed by atoms with van der Waals surface area (Å²) in [5, 5.41) is 2.92. The van der Waals surface area contributed by atoms with Gasteiger partial charge in [0.05, 0.1) is 11.0 Å². The molecular formula is C23H25N5O2. The Balaban J connectivity index is 1.77. The third-order valence-electron chi connectivity index (χ3n) is 4.51. The number of benzene rings is 1. The van der Waals surface area contributed by atoms with Gasteiger partial charge in [0.25, 0.3) is 5.91 Å². The number of carbonyl (C=O) groups is 1. The second-order valence-electron chi connectivity index (χ2n) is 6.76. The van der Waals surface area contributed by atoms with Crippen molar-refractivity contribution in [2.24, 2.45) is 0 Å². The first-order chi connectivity index (χ1) is 14.5. The van der Waals surface area contributed by atoms with Crippen LogP contribution in [0.5, 0.6) is 5.88 Å². The van der Waals surface area contributed by atoms with Gasteiger partial charge in [-0.3, -0.25) is 4.79 Å². The first kappa shape index (κ1) is 21.0. The van der Waals surface area contributed by atoms with Crippen molar-refractivity contribution in [2.45, 2.75) is 25.9 Å². The molecule has 2 N–H and O–H groups in total. The summed E-state index contributed by atoms with van der Waals surface area (Å²) in [6.45, 7) is 13.8. The van der Waals surface area contributed by atoms with Crippen molar-refractivity contribution in [2.75, 3.05) is 6.54 Å². The molecule has 2 aromatic heterocycles. The molecule has 0 saturated heterocycles. The zero-order chi connectivity index (χ0) is 21.5. The number of allylic oxidation sites excluding steroid dienone is 2. The minimum Gasteiger partial charge on any atom is -0.469 e. The Morgan fingerprint density at radius 3 is 2.83 bits per heavy atom. The summed E-state index contributed by atoms with van der Waals surface area (Å²) in [4.78, 5) is 28.9. The minimum atomic E-state index is -0.237. The summed E-state index contributed by atoms with van der Waals surface area (Å²) in [5.41, 5.74) is 2.79. The van der Waals surface area contributed by atoms with Gasteiger partial charge in [0.1, 0.15) is 17.6 Å². The number of hydrogen-bond acceptors (Lipinski definition) is 5. The molecule has 154 valence electrons. The van der Waals surface area contributed by atoms with E-state index in [1.54, 1.807) is 42.7 Å². The van der Waals surface area contributed by atoms with Crippen LogP contribution in [0.2, 0.25) is 0 Å². The lowest BCUT2D eigenvalue weighted by Gasteiger charge is -2.14. The number of ether oxygens (including phenoxy) is 1. The van der Waals surface area contributed by atoms with E-state index in [9.17, 15) is 4.79 Å². The van der Waals surface area contributed by atoms with Gasteiger partial charge in [-0.1, -0.05) is 31.9 Å².